The molecular weight excluding hydrogens is 258 g/mol. The molecule has 0 saturated heterocycles. The summed E-state index contributed by atoms with van der Waals surface area (Å²) >= 11 is 0. The number of aromatic nitrogens is 1. The number of hydrogen-bond donors (Lipinski definition) is 3. The van der Waals surface area contributed by atoms with E-state index in [2.05, 4.69) is 15.8 Å². The molecule has 1 aromatic heterocycles. The van der Waals surface area contributed by atoms with Crippen molar-refractivity contribution in [2.24, 2.45) is 0 Å². The summed E-state index contributed by atoms with van der Waals surface area (Å²) in [7, 11) is 0. The molecular formula is C14H13N3O3. The summed E-state index contributed by atoms with van der Waals surface area (Å²) in [6, 6.07) is 9.54. The summed E-state index contributed by atoms with van der Waals surface area (Å²) in [6.45, 7) is 1.92. The number of aryl methyl sites for hydroxylation is 1. The van der Waals surface area contributed by atoms with Gasteiger partial charge in [0.2, 0.25) is 5.56 Å². The Morgan fingerprint density at radius 3 is 2.00 bits per heavy atom. The lowest BCUT2D eigenvalue weighted by Gasteiger charge is -2.07. The molecule has 0 unspecified atom stereocenters. The fraction of sp³-hybridized carbons (Fsp3) is 0.0714. The molecule has 102 valence electrons. The van der Waals surface area contributed by atoms with Gasteiger partial charge < -0.3 is 4.98 Å². The van der Waals surface area contributed by atoms with E-state index in [0.29, 0.717) is 5.56 Å². The van der Waals surface area contributed by atoms with Gasteiger partial charge >= 0.3 is 0 Å². The molecule has 0 fully saturated rings. The lowest BCUT2D eigenvalue weighted by atomic mass is 10.1. The molecule has 0 aliphatic carbocycles. The van der Waals surface area contributed by atoms with Crippen molar-refractivity contribution in [3.8, 4) is 0 Å². The highest BCUT2D eigenvalue weighted by atomic mass is 16.2. The van der Waals surface area contributed by atoms with E-state index in [0.717, 1.165) is 5.56 Å². The Balaban J connectivity index is 1.96. The van der Waals surface area contributed by atoms with Gasteiger partial charge in [-0.15, -0.1) is 0 Å². The van der Waals surface area contributed by atoms with Crippen LogP contribution in [0.25, 0.3) is 0 Å². The number of benzene rings is 1. The van der Waals surface area contributed by atoms with Crippen molar-refractivity contribution in [3.05, 3.63) is 69.6 Å². The van der Waals surface area contributed by atoms with Crippen LogP contribution in [-0.2, 0) is 0 Å². The third-order valence-electron chi connectivity index (χ3n) is 2.65. The summed E-state index contributed by atoms with van der Waals surface area (Å²) in [5, 5.41) is 0. The average Bonchev–Trinajstić information content (AvgIpc) is 2.46. The quantitative estimate of drug-likeness (QED) is 0.704. The second kappa shape index (κ2) is 5.83. The molecule has 1 aromatic carbocycles. The molecule has 2 amide bonds. The average molecular weight is 271 g/mol. The van der Waals surface area contributed by atoms with Crippen LogP contribution in [-0.4, -0.2) is 16.8 Å². The normalized spacial score (nSPS) is 9.85. The topological polar surface area (TPSA) is 91.1 Å². The summed E-state index contributed by atoms with van der Waals surface area (Å²) in [5.74, 6) is -0.926. The summed E-state index contributed by atoms with van der Waals surface area (Å²) in [6.07, 6.45) is 1.27. The van der Waals surface area contributed by atoms with Crippen LogP contribution in [0, 0.1) is 6.92 Å². The van der Waals surface area contributed by atoms with Crippen LogP contribution in [0.2, 0.25) is 0 Å². The van der Waals surface area contributed by atoms with E-state index >= 15 is 0 Å². The van der Waals surface area contributed by atoms with Crippen molar-refractivity contribution in [2.75, 3.05) is 0 Å². The number of nitrogens with one attached hydrogen (secondary N) is 3. The van der Waals surface area contributed by atoms with E-state index in [1.165, 1.54) is 18.3 Å². The van der Waals surface area contributed by atoms with Crippen LogP contribution in [0.15, 0.2) is 47.4 Å². The molecule has 0 aliphatic rings. The van der Waals surface area contributed by atoms with Crippen LogP contribution in [0.1, 0.15) is 26.3 Å². The van der Waals surface area contributed by atoms with E-state index in [-0.39, 0.29) is 11.1 Å². The Labute approximate surface area is 114 Å². The molecule has 0 radical (unpaired) electrons. The molecule has 0 aliphatic heterocycles. The highest BCUT2D eigenvalue weighted by molar-refractivity contribution is 5.98. The minimum Gasteiger partial charge on any atom is -0.328 e. The third kappa shape index (κ3) is 3.32. The number of hydrogen-bond acceptors (Lipinski definition) is 3. The number of carbonyl (C=O) groups is 2. The number of amides is 2. The maximum Gasteiger partial charge on any atom is 0.271 e. The van der Waals surface area contributed by atoms with Gasteiger partial charge in [-0.3, -0.25) is 25.2 Å². The van der Waals surface area contributed by atoms with E-state index in [4.69, 9.17) is 0 Å². The van der Waals surface area contributed by atoms with Gasteiger partial charge in [-0.2, -0.15) is 0 Å². The number of aromatic amines is 1. The van der Waals surface area contributed by atoms with Gasteiger partial charge in [0.25, 0.3) is 11.8 Å². The van der Waals surface area contributed by atoms with Crippen LogP contribution in [0.4, 0.5) is 0 Å². The molecule has 2 rings (SSSR count). The first-order chi connectivity index (χ1) is 9.56. The first-order valence-corrected chi connectivity index (χ1v) is 5.92. The van der Waals surface area contributed by atoms with Crippen molar-refractivity contribution in [1.29, 1.82) is 0 Å². The Morgan fingerprint density at radius 1 is 0.900 bits per heavy atom. The summed E-state index contributed by atoms with van der Waals surface area (Å²) in [4.78, 5) is 36.7. The molecule has 3 N–H and O–H groups in total. The zero-order valence-electron chi connectivity index (χ0n) is 10.8. The Kier molecular flexibility index (Phi) is 3.95. The highest BCUT2D eigenvalue weighted by Crippen LogP contribution is 2.02. The molecule has 0 spiro atoms. The lowest BCUT2D eigenvalue weighted by Crippen LogP contribution is -2.41. The van der Waals surface area contributed by atoms with Crippen molar-refractivity contribution in [3.63, 3.8) is 0 Å². The number of H-pyrrole nitrogens is 1. The lowest BCUT2D eigenvalue weighted by molar-refractivity contribution is 0.0846. The fourth-order valence-electron chi connectivity index (χ4n) is 1.51. The summed E-state index contributed by atoms with van der Waals surface area (Å²) in [5.41, 5.74) is 6.00. The van der Waals surface area contributed by atoms with Crippen molar-refractivity contribution in [2.45, 2.75) is 6.92 Å². The molecule has 6 nitrogen and oxygen atoms in total. The van der Waals surface area contributed by atoms with Gasteiger partial charge in [0.15, 0.2) is 0 Å². The number of hydrazine groups is 1. The SMILES string of the molecule is Cc1ccc(C(=O)NNC(=O)c2ccc(=O)[nH]c2)cc1. The molecule has 20 heavy (non-hydrogen) atoms. The molecule has 2 aromatic rings. The number of pyridine rings is 1. The van der Waals surface area contributed by atoms with E-state index in [1.807, 2.05) is 6.92 Å². The van der Waals surface area contributed by atoms with Crippen LogP contribution < -0.4 is 16.4 Å². The second-order valence-electron chi connectivity index (χ2n) is 4.22. The smallest absolute Gasteiger partial charge is 0.271 e. The van der Waals surface area contributed by atoms with Crippen molar-refractivity contribution < 1.29 is 9.59 Å². The van der Waals surface area contributed by atoms with Gasteiger partial charge in [0, 0.05) is 17.8 Å². The minimum absolute atomic E-state index is 0.244. The maximum absolute atomic E-state index is 11.8. The molecule has 0 atom stereocenters. The first-order valence-electron chi connectivity index (χ1n) is 5.92. The van der Waals surface area contributed by atoms with E-state index < -0.39 is 11.8 Å². The molecule has 1 heterocycles. The standard InChI is InChI=1S/C14H13N3O3/c1-9-2-4-10(5-3-9)13(19)16-17-14(20)11-6-7-12(18)15-8-11/h2-8H,1H3,(H,15,18)(H,16,19)(H,17,20). The van der Waals surface area contributed by atoms with E-state index in [9.17, 15) is 14.4 Å². The summed E-state index contributed by atoms with van der Waals surface area (Å²) < 4.78 is 0. The largest absolute Gasteiger partial charge is 0.328 e. The van der Waals surface area contributed by atoms with Crippen LogP contribution in [0.3, 0.4) is 0 Å². The van der Waals surface area contributed by atoms with Gasteiger partial charge in [-0.05, 0) is 25.1 Å². The number of carbonyl (C=O) groups excluding carboxylic acids is 2. The second-order valence-corrected chi connectivity index (χ2v) is 4.22. The van der Waals surface area contributed by atoms with Crippen LogP contribution in [0.5, 0.6) is 0 Å². The Bertz CT molecular complexity index is 669. The predicted octanol–water partition coefficient (Wildman–Crippen LogP) is 0.758. The van der Waals surface area contributed by atoms with Crippen molar-refractivity contribution in [1.82, 2.24) is 15.8 Å². The van der Waals surface area contributed by atoms with Gasteiger partial charge in [-0.1, -0.05) is 17.7 Å². The van der Waals surface area contributed by atoms with Crippen molar-refractivity contribution >= 4 is 11.8 Å². The maximum atomic E-state index is 11.8. The first kappa shape index (κ1) is 13.5. The van der Waals surface area contributed by atoms with E-state index in [1.54, 1.807) is 24.3 Å². The Morgan fingerprint density at radius 2 is 1.45 bits per heavy atom. The van der Waals surface area contributed by atoms with Crippen LogP contribution >= 0.6 is 0 Å². The third-order valence-corrected chi connectivity index (χ3v) is 2.65. The van der Waals surface area contributed by atoms with Gasteiger partial charge in [0.05, 0.1) is 5.56 Å². The molecule has 0 bridgehead atoms. The number of rotatable bonds is 2. The zero-order valence-corrected chi connectivity index (χ0v) is 10.8. The monoisotopic (exact) mass is 271 g/mol. The Hall–Kier alpha value is -2.89. The van der Waals surface area contributed by atoms with Gasteiger partial charge in [-0.25, -0.2) is 0 Å². The fourth-order valence-corrected chi connectivity index (χ4v) is 1.51. The minimum atomic E-state index is -0.512. The molecule has 0 saturated carbocycles. The predicted molar refractivity (Wildman–Crippen MR) is 73.2 cm³/mol. The molecule has 6 heteroatoms. The highest BCUT2D eigenvalue weighted by Gasteiger charge is 2.08. The van der Waals surface area contributed by atoms with Gasteiger partial charge in [0.1, 0.15) is 0 Å². The zero-order chi connectivity index (χ0) is 14.5.